The van der Waals surface area contributed by atoms with E-state index in [2.05, 4.69) is 44.9 Å². The van der Waals surface area contributed by atoms with E-state index >= 15 is 0 Å². The van der Waals surface area contributed by atoms with Gasteiger partial charge in [0.1, 0.15) is 0 Å². The van der Waals surface area contributed by atoms with Gasteiger partial charge in [0, 0.05) is 18.7 Å². The van der Waals surface area contributed by atoms with Crippen LogP contribution in [0, 0.1) is 13.8 Å². The quantitative estimate of drug-likeness (QED) is 0.900. The molecule has 20 heavy (non-hydrogen) atoms. The second-order valence-electron chi connectivity index (χ2n) is 5.61. The van der Waals surface area contributed by atoms with Gasteiger partial charge in [-0.3, -0.25) is 4.68 Å². The molecule has 1 heterocycles. The van der Waals surface area contributed by atoms with Crippen LogP contribution in [0.4, 0.5) is 0 Å². The largest absolute Gasteiger partial charge is 0.388 e. The fourth-order valence-electron chi connectivity index (χ4n) is 2.21. The summed E-state index contributed by atoms with van der Waals surface area (Å²) in [4.78, 5) is 0. The normalized spacial score (nSPS) is 14.2. The second kappa shape index (κ2) is 6.23. The molecule has 2 atom stereocenters. The number of hydrogen-bond acceptors (Lipinski definition) is 2. The standard InChI is InChI=1S/C17H24N2O/c1-5-14(4)19-9-8-16(18-19)11-17(20)15-7-6-12(2)13(3)10-15/h6-10,14,17,20H,5,11H2,1-4H3. The van der Waals surface area contributed by atoms with Crippen molar-refractivity contribution in [3.8, 4) is 0 Å². The highest BCUT2D eigenvalue weighted by Gasteiger charge is 2.12. The molecule has 3 nitrogen and oxygen atoms in total. The van der Waals surface area contributed by atoms with Crippen LogP contribution in [0.25, 0.3) is 0 Å². The van der Waals surface area contributed by atoms with Crippen molar-refractivity contribution in [2.24, 2.45) is 0 Å². The van der Waals surface area contributed by atoms with E-state index in [4.69, 9.17) is 0 Å². The Bertz CT molecular complexity index is 574. The zero-order valence-corrected chi connectivity index (χ0v) is 12.8. The van der Waals surface area contributed by atoms with Gasteiger partial charge >= 0.3 is 0 Å². The molecule has 0 bridgehead atoms. The van der Waals surface area contributed by atoms with Crippen molar-refractivity contribution in [2.45, 2.75) is 52.7 Å². The molecule has 0 aliphatic heterocycles. The minimum absolute atomic E-state index is 0.405. The first-order valence-electron chi connectivity index (χ1n) is 7.30. The van der Waals surface area contributed by atoms with Crippen molar-refractivity contribution in [1.82, 2.24) is 9.78 Å². The minimum atomic E-state index is -0.491. The lowest BCUT2D eigenvalue weighted by Crippen LogP contribution is -2.07. The van der Waals surface area contributed by atoms with Gasteiger partial charge in [-0.1, -0.05) is 25.1 Å². The van der Waals surface area contributed by atoms with Crippen molar-refractivity contribution in [3.63, 3.8) is 0 Å². The number of nitrogens with zero attached hydrogens (tertiary/aromatic N) is 2. The Hall–Kier alpha value is -1.61. The van der Waals surface area contributed by atoms with Crippen LogP contribution in [0.1, 0.15) is 54.8 Å². The number of hydrogen-bond donors (Lipinski definition) is 1. The van der Waals surface area contributed by atoms with Crippen molar-refractivity contribution < 1.29 is 5.11 Å². The monoisotopic (exact) mass is 272 g/mol. The number of aromatic nitrogens is 2. The maximum absolute atomic E-state index is 10.3. The number of aliphatic hydroxyl groups is 1. The lowest BCUT2D eigenvalue weighted by molar-refractivity contribution is 0.176. The Morgan fingerprint density at radius 2 is 1.95 bits per heavy atom. The molecule has 2 unspecified atom stereocenters. The lowest BCUT2D eigenvalue weighted by atomic mass is 10.0. The Balaban J connectivity index is 2.09. The summed E-state index contributed by atoms with van der Waals surface area (Å²) in [5.41, 5.74) is 4.37. The van der Waals surface area contributed by atoms with E-state index in [1.807, 2.05) is 23.0 Å². The van der Waals surface area contributed by atoms with Crippen LogP contribution in [0.3, 0.4) is 0 Å². The molecule has 1 N–H and O–H groups in total. The average Bonchev–Trinajstić information content (AvgIpc) is 2.89. The first kappa shape index (κ1) is 14.8. The molecule has 0 spiro atoms. The van der Waals surface area contributed by atoms with E-state index in [-0.39, 0.29) is 0 Å². The van der Waals surface area contributed by atoms with Crippen LogP contribution in [-0.2, 0) is 6.42 Å². The smallest absolute Gasteiger partial charge is 0.0846 e. The van der Waals surface area contributed by atoms with E-state index in [1.54, 1.807) is 0 Å². The predicted molar refractivity (Wildman–Crippen MR) is 81.8 cm³/mol. The number of aryl methyl sites for hydroxylation is 2. The van der Waals surface area contributed by atoms with Gasteiger partial charge in [-0.15, -0.1) is 0 Å². The van der Waals surface area contributed by atoms with Crippen LogP contribution in [0.2, 0.25) is 0 Å². The number of rotatable bonds is 5. The van der Waals surface area contributed by atoms with E-state index in [0.29, 0.717) is 12.5 Å². The van der Waals surface area contributed by atoms with Crippen molar-refractivity contribution in [1.29, 1.82) is 0 Å². The summed E-state index contributed by atoms with van der Waals surface area (Å²) in [7, 11) is 0. The highest BCUT2D eigenvalue weighted by Crippen LogP contribution is 2.21. The van der Waals surface area contributed by atoms with Crippen LogP contribution < -0.4 is 0 Å². The third-order valence-corrected chi connectivity index (χ3v) is 4.02. The van der Waals surface area contributed by atoms with E-state index in [9.17, 15) is 5.11 Å². The average molecular weight is 272 g/mol. The summed E-state index contributed by atoms with van der Waals surface area (Å²) in [5.74, 6) is 0. The first-order chi connectivity index (χ1) is 9.51. The van der Waals surface area contributed by atoms with Gasteiger partial charge in [0.2, 0.25) is 0 Å². The van der Waals surface area contributed by atoms with E-state index in [1.165, 1.54) is 11.1 Å². The Morgan fingerprint density at radius 3 is 2.60 bits per heavy atom. The lowest BCUT2D eigenvalue weighted by Gasteiger charge is -2.12. The summed E-state index contributed by atoms with van der Waals surface area (Å²) in [5, 5.41) is 14.9. The zero-order valence-electron chi connectivity index (χ0n) is 12.8. The molecule has 3 heteroatoms. The molecule has 1 aromatic carbocycles. The molecular weight excluding hydrogens is 248 g/mol. The van der Waals surface area contributed by atoms with Gasteiger partial charge in [0.05, 0.1) is 11.8 Å². The van der Waals surface area contributed by atoms with Gasteiger partial charge in [-0.05, 0) is 49.9 Å². The number of benzene rings is 1. The van der Waals surface area contributed by atoms with Crippen LogP contribution in [0.5, 0.6) is 0 Å². The summed E-state index contributed by atoms with van der Waals surface area (Å²) in [6.07, 6.45) is 3.12. The highest BCUT2D eigenvalue weighted by atomic mass is 16.3. The molecule has 0 saturated heterocycles. The van der Waals surface area contributed by atoms with Gasteiger partial charge in [-0.25, -0.2) is 0 Å². The van der Waals surface area contributed by atoms with Gasteiger partial charge < -0.3 is 5.11 Å². The Kier molecular flexibility index (Phi) is 4.61. The van der Waals surface area contributed by atoms with Crippen molar-refractivity contribution in [3.05, 3.63) is 52.8 Å². The van der Waals surface area contributed by atoms with Gasteiger partial charge in [0.25, 0.3) is 0 Å². The minimum Gasteiger partial charge on any atom is -0.388 e. The summed E-state index contributed by atoms with van der Waals surface area (Å²) in [6.45, 7) is 8.45. The zero-order chi connectivity index (χ0) is 14.7. The summed E-state index contributed by atoms with van der Waals surface area (Å²) >= 11 is 0. The van der Waals surface area contributed by atoms with E-state index < -0.39 is 6.10 Å². The molecule has 1 aromatic heterocycles. The molecule has 2 aromatic rings. The molecule has 0 aliphatic rings. The molecular formula is C17H24N2O. The fourth-order valence-corrected chi connectivity index (χ4v) is 2.21. The molecule has 0 aliphatic carbocycles. The Labute approximate surface area is 121 Å². The molecule has 0 radical (unpaired) electrons. The van der Waals surface area contributed by atoms with Gasteiger partial charge in [-0.2, -0.15) is 5.10 Å². The molecule has 0 saturated carbocycles. The topological polar surface area (TPSA) is 38.0 Å². The summed E-state index contributed by atoms with van der Waals surface area (Å²) < 4.78 is 1.97. The van der Waals surface area contributed by atoms with Crippen molar-refractivity contribution in [2.75, 3.05) is 0 Å². The third kappa shape index (κ3) is 3.28. The maximum Gasteiger partial charge on any atom is 0.0846 e. The third-order valence-electron chi connectivity index (χ3n) is 4.02. The number of aliphatic hydroxyl groups excluding tert-OH is 1. The SMILES string of the molecule is CCC(C)n1ccc(CC(O)c2ccc(C)c(C)c2)n1. The second-order valence-corrected chi connectivity index (χ2v) is 5.61. The van der Waals surface area contributed by atoms with Crippen molar-refractivity contribution >= 4 is 0 Å². The predicted octanol–water partition coefficient (Wildman–Crippen LogP) is 3.75. The van der Waals surface area contributed by atoms with Crippen LogP contribution >= 0.6 is 0 Å². The molecule has 0 fully saturated rings. The van der Waals surface area contributed by atoms with E-state index in [0.717, 1.165) is 17.7 Å². The van der Waals surface area contributed by atoms with Crippen LogP contribution in [-0.4, -0.2) is 14.9 Å². The fraction of sp³-hybridized carbons (Fsp3) is 0.471. The summed E-state index contributed by atoms with van der Waals surface area (Å²) in [6, 6.07) is 8.52. The highest BCUT2D eigenvalue weighted by molar-refractivity contribution is 5.31. The molecule has 2 rings (SSSR count). The maximum atomic E-state index is 10.3. The molecule has 108 valence electrons. The van der Waals surface area contributed by atoms with Gasteiger partial charge in [0.15, 0.2) is 0 Å². The first-order valence-corrected chi connectivity index (χ1v) is 7.30. The van der Waals surface area contributed by atoms with Crippen LogP contribution in [0.15, 0.2) is 30.5 Å². The Morgan fingerprint density at radius 1 is 1.20 bits per heavy atom. The molecule has 0 amide bonds.